The van der Waals surface area contributed by atoms with Crippen LogP contribution in [0.3, 0.4) is 0 Å². The molecule has 1 rings (SSSR count). The van der Waals surface area contributed by atoms with Gasteiger partial charge in [0.2, 0.25) is 0 Å². The summed E-state index contributed by atoms with van der Waals surface area (Å²) in [6, 6.07) is 7.90. The summed E-state index contributed by atoms with van der Waals surface area (Å²) in [6.45, 7) is 4.44. The van der Waals surface area contributed by atoms with Gasteiger partial charge in [-0.25, -0.2) is 4.79 Å². The van der Waals surface area contributed by atoms with Crippen molar-refractivity contribution in [3.8, 4) is 0 Å². The Morgan fingerprint density at radius 2 is 1.89 bits per heavy atom. The zero-order chi connectivity index (χ0) is 14.1. The number of unbranched alkanes of at least 4 members (excludes halogenated alkanes) is 3. The molecule has 0 radical (unpaired) electrons. The summed E-state index contributed by atoms with van der Waals surface area (Å²) in [5, 5.41) is 0. The summed E-state index contributed by atoms with van der Waals surface area (Å²) in [5.74, 6) is 0. The first-order valence-corrected chi connectivity index (χ1v) is 7.80. The highest BCUT2D eigenvalue weighted by Crippen LogP contribution is 2.18. The van der Waals surface area contributed by atoms with Gasteiger partial charge in [0.25, 0.3) is 0 Å². The highest BCUT2D eigenvalue weighted by Gasteiger charge is 2.12. The Bertz CT molecular complexity index is 375. The lowest BCUT2D eigenvalue weighted by Crippen LogP contribution is -2.11. The first kappa shape index (κ1) is 16.3. The molecule has 1 aromatic rings. The van der Waals surface area contributed by atoms with E-state index in [1.807, 2.05) is 31.2 Å². The third kappa shape index (κ3) is 6.80. The molecular formula is C15H21IO3. The molecule has 4 heteroatoms. The molecule has 0 amide bonds. The smallest absolute Gasteiger partial charge is 0.434 e. The number of halogens is 1. The average molecular weight is 376 g/mol. The Morgan fingerprint density at radius 3 is 2.53 bits per heavy atom. The fourth-order valence-electron chi connectivity index (χ4n) is 1.66. The first-order valence-electron chi connectivity index (χ1n) is 6.72. The Balaban J connectivity index is 2.26. The largest absolute Gasteiger partial charge is 0.508 e. The lowest BCUT2D eigenvalue weighted by molar-refractivity contribution is 0.0277. The summed E-state index contributed by atoms with van der Waals surface area (Å²) < 4.78 is 11.4. The molecule has 1 unspecified atom stereocenters. The molecule has 0 spiro atoms. The van der Waals surface area contributed by atoms with Gasteiger partial charge in [-0.2, -0.15) is 0 Å². The van der Waals surface area contributed by atoms with E-state index in [9.17, 15) is 4.79 Å². The third-order valence-corrected chi connectivity index (χ3v) is 3.55. The van der Waals surface area contributed by atoms with Gasteiger partial charge < -0.3 is 9.47 Å². The average Bonchev–Trinajstić information content (AvgIpc) is 2.39. The standard InChI is InChI=1S/C15H21IO3/c1-3-4-5-6-11-18-15(17)19-12(2)13-7-9-14(16)10-8-13/h7-10,12H,3-6,11H2,1-2H3. The SMILES string of the molecule is CCCCCCOC(=O)OC(C)c1ccc(I)cc1. The second-order valence-electron chi connectivity index (χ2n) is 4.47. The van der Waals surface area contributed by atoms with Gasteiger partial charge in [-0.3, -0.25) is 0 Å². The van der Waals surface area contributed by atoms with Crippen LogP contribution < -0.4 is 0 Å². The molecule has 0 saturated carbocycles. The molecule has 1 atom stereocenters. The van der Waals surface area contributed by atoms with Crippen molar-refractivity contribution in [2.45, 2.75) is 45.6 Å². The summed E-state index contributed by atoms with van der Waals surface area (Å²) in [4.78, 5) is 11.5. The van der Waals surface area contributed by atoms with Crippen molar-refractivity contribution >= 4 is 28.7 Å². The second-order valence-corrected chi connectivity index (χ2v) is 5.72. The quantitative estimate of drug-likeness (QED) is 0.378. The number of ether oxygens (including phenoxy) is 2. The molecule has 0 aliphatic rings. The fraction of sp³-hybridized carbons (Fsp3) is 0.533. The lowest BCUT2D eigenvalue weighted by Gasteiger charge is -2.13. The van der Waals surface area contributed by atoms with Crippen LogP contribution in [0.1, 0.15) is 51.2 Å². The van der Waals surface area contributed by atoms with Gasteiger partial charge in [0.15, 0.2) is 0 Å². The van der Waals surface area contributed by atoms with E-state index in [1.54, 1.807) is 0 Å². The van der Waals surface area contributed by atoms with Crippen LogP contribution in [0.2, 0.25) is 0 Å². The van der Waals surface area contributed by atoms with Crippen LogP contribution in [0.5, 0.6) is 0 Å². The summed E-state index contributed by atoms with van der Waals surface area (Å²) in [6.07, 6.45) is 3.49. The van der Waals surface area contributed by atoms with Crippen molar-refractivity contribution in [3.63, 3.8) is 0 Å². The summed E-state index contributed by atoms with van der Waals surface area (Å²) in [5.41, 5.74) is 0.975. The number of hydrogen-bond donors (Lipinski definition) is 0. The van der Waals surface area contributed by atoms with Crippen molar-refractivity contribution < 1.29 is 14.3 Å². The minimum atomic E-state index is -0.581. The summed E-state index contributed by atoms with van der Waals surface area (Å²) in [7, 11) is 0. The van der Waals surface area contributed by atoms with Gasteiger partial charge in [-0.15, -0.1) is 0 Å². The van der Waals surface area contributed by atoms with Crippen molar-refractivity contribution in [2.75, 3.05) is 6.61 Å². The molecule has 0 aliphatic carbocycles. The molecular weight excluding hydrogens is 355 g/mol. The molecule has 0 saturated heterocycles. The van der Waals surface area contributed by atoms with Crippen LogP contribution in [0.4, 0.5) is 4.79 Å². The zero-order valence-electron chi connectivity index (χ0n) is 11.5. The lowest BCUT2D eigenvalue weighted by atomic mass is 10.1. The van der Waals surface area contributed by atoms with Crippen LogP contribution in [-0.2, 0) is 9.47 Å². The first-order chi connectivity index (χ1) is 9.13. The minimum Gasteiger partial charge on any atom is -0.434 e. The van der Waals surface area contributed by atoms with Gasteiger partial charge in [-0.1, -0.05) is 38.3 Å². The van der Waals surface area contributed by atoms with Crippen molar-refractivity contribution in [1.82, 2.24) is 0 Å². The van der Waals surface area contributed by atoms with Crippen LogP contribution in [0.15, 0.2) is 24.3 Å². The van der Waals surface area contributed by atoms with Gasteiger partial charge in [-0.05, 0) is 53.6 Å². The number of rotatable bonds is 7. The van der Waals surface area contributed by atoms with Crippen LogP contribution in [0.25, 0.3) is 0 Å². The molecule has 0 N–H and O–H groups in total. The van der Waals surface area contributed by atoms with Gasteiger partial charge in [0.05, 0.1) is 6.61 Å². The van der Waals surface area contributed by atoms with Crippen LogP contribution in [0, 0.1) is 3.57 Å². The number of hydrogen-bond acceptors (Lipinski definition) is 3. The van der Waals surface area contributed by atoms with Crippen molar-refractivity contribution in [2.24, 2.45) is 0 Å². The maximum atomic E-state index is 11.5. The zero-order valence-corrected chi connectivity index (χ0v) is 13.7. The van der Waals surface area contributed by atoms with E-state index in [-0.39, 0.29) is 6.10 Å². The minimum absolute atomic E-state index is 0.278. The van der Waals surface area contributed by atoms with E-state index in [0.29, 0.717) is 6.61 Å². The normalized spacial score (nSPS) is 11.9. The maximum Gasteiger partial charge on any atom is 0.508 e. The highest BCUT2D eigenvalue weighted by molar-refractivity contribution is 14.1. The number of carbonyl (C=O) groups excluding carboxylic acids is 1. The molecule has 1 aromatic carbocycles. The predicted molar refractivity (Wildman–Crippen MR) is 84.1 cm³/mol. The Kier molecular flexibility index (Phi) is 7.86. The third-order valence-electron chi connectivity index (χ3n) is 2.83. The molecule has 106 valence electrons. The van der Waals surface area contributed by atoms with Gasteiger partial charge >= 0.3 is 6.16 Å². The number of benzene rings is 1. The number of carbonyl (C=O) groups is 1. The van der Waals surface area contributed by atoms with Gasteiger partial charge in [0, 0.05) is 3.57 Å². The van der Waals surface area contributed by atoms with E-state index in [1.165, 1.54) is 12.8 Å². The van der Waals surface area contributed by atoms with Crippen LogP contribution in [-0.4, -0.2) is 12.8 Å². The Labute approximate surface area is 128 Å². The monoisotopic (exact) mass is 376 g/mol. The van der Waals surface area contributed by atoms with E-state index in [2.05, 4.69) is 29.5 Å². The maximum absolute atomic E-state index is 11.5. The van der Waals surface area contributed by atoms with E-state index >= 15 is 0 Å². The Morgan fingerprint density at radius 1 is 1.21 bits per heavy atom. The highest BCUT2D eigenvalue weighted by atomic mass is 127. The van der Waals surface area contributed by atoms with E-state index < -0.39 is 6.16 Å². The topological polar surface area (TPSA) is 35.5 Å². The molecule has 0 aliphatic heterocycles. The Hall–Kier alpha value is -0.780. The van der Waals surface area contributed by atoms with E-state index in [0.717, 1.165) is 22.0 Å². The van der Waals surface area contributed by atoms with Crippen LogP contribution >= 0.6 is 22.6 Å². The van der Waals surface area contributed by atoms with Gasteiger partial charge in [0.1, 0.15) is 6.10 Å². The molecule has 3 nitrogen and oxygen atoms in total. The molecule has 0 bridgehead atoms. The molecule has 19 heavy (non-hydrogen) atoms. The predicted octanol–water partition coefficient (Wildman–Crippen LogP) is 5.09. The van der Waals surface area contributed by atoms with Crippen molar-refractivity contribution in [1.29, 1.82) is 0 Å². The van der Waals surface area contributed by atoms with Crippen molar-refractivity contribution in [3.05, 3.63) is 33.4 Å². The second kappa shape index (κ2) is 9.18. The molecule has 0 aromatic heterocycles. The summed E-state index contributed by atoms with van der Waals surface area (Å²) >= 11 is 2.24. The molecule has 0 fully saturated rings. The van der Waals surface area contributed by atoms with E-state index in [4.69, 9.17) is 9.47 Å². The molecule has 0 heterocycles. The fourth-order valence-corrected chi connectivity index (χ4v) is 2.02.